The molecule has 1 atom stereocenters. The van der Waals surface area contributed by atoms with Gasteiger partial charge in [0.15, 0.2) is 5.13 Å². The van der Waals surface area contributed by atoms with Crippen molar-refractivity contribution < 1.29 is 19.4 Å². The molecule has 8 heteroatoms. The van der Waals surface area contributed by atoms with Crippen molar-refractivity contribution in [3.8, 4) is 5.75 Å². The molecule has 7 nitrogen and oxygen atoms in total. The number of amides is 1. The third kappa shape index (κ3) is 4.41. The maximum absolute atomic E-state index is 13.6. The summed E-state index contributed by atoms with van der Waals surface area (Å²) in [5.74, 6) is -0.932. The number of carbonyl (C=O) groups is 2. The first-order valence-corrected chi connectivity index (χ1v) is 13.2. The van der Waals surface area contributed by atoms with E-state index in [1.54, 1.807) is 0 Å². The molecule has 3 aromatic carbocycles. The second kappa shape index (κ2) is 9.95. The summed E-state index contributed by atoms with van der Waals surface area (Å²) in [5, 5.41) is 11.9. The van der Waals surface area contributed by atoms with Gasteiger partial charge in [0.25, 0.3) is 5.78 Å². The van der Waals surface area contributed by atoms with Gasteiger partial charge in [0, 0.05) is 25.3 Å². The zero-order valence-electron chi connectivity index (χ0n) is 22.0. The van der Waals surface area contributed by atoms with E-state index in [9.17, 15) is 14.7 Å². The maximum Gasteiger partial charge on any atom is 0.301 e. The number of ether oxygens (including phenoxy) is 1. The van der Waals surface area contributed by atoms with E-state index in [2.05, 4.69) is 0 Å². The predicted octanol–water partition coefficient (Wildman–Crippen LogP) is 6.00. The van der Waals surface area contributed by atoms with Crippen LogP contribution in [-0.4, -0.2) is 42.5 Å². The van der Waals surface area contributed by atoms with Gasteiger partial charge in [-0.05, 0) is 68.3 Å². The van der Waals surface area contributed by atoms with Crippen molar-refractivity contribution in [2.75, 3.05) is 30.5 Å². The highest BCUT2D eigenvalue weighted by Crippen LogP contribution is 2.45. The number of aliphatic hydroxyl groups excluding tert-OH is 1. The Morgan fingerprint density at radius 1 is 1.05 bits per heavy atom. The molecule has 1 saturated heterocycles. The lowest BCUT2D eigenvalue weighted by molar-refractivity contribution is -0.132. The van der Waals surface area contributed by atoms with Crippen molar-refractivity contribution in [1.82, 2.24) is 4.98 Å². The molecule has 1 unspecified atom stereocenters. The predicted molar refractivity (Wildman–Crippen MR) is 152 cm³/mol. The van der Waals surface area contributed by atoms with Gasteiger partial charge in [0.1, 0.15) is 11.5 Å². The average molecular weight is 528 g/mol. The molecule has 1 fully saturated rings. The number of benzene rings is 3. The van der Waals surface area contributed by atoms with E-state index in [1.165, 1.54) is 16.2 Å². The van der Waals surface area contributed by atoms with E-state index in [-0.39, 0.29) is 11.3 Å². The van der Waals surface area contributed by atoms with Crippen molar-refractivity contribution >= 4 is 49.8 Å². The number of aliphatic hydroxyl groups is 1. The number of nitrogens with zero attached hydrogens (tertiary/aromatic N) is 3. The summed E-state index contributed by atoms with van der Waals surface area (Å²) in [6.45, 7) is 6.24. The Morgan fingerprint density at radius 3 is 2.47 bits per heavy atom. The van der Waals surface area contributed by atoms with Gasteiger partial charge < -0.3 is 14.7 Å². The normalized spacial score (nSPS) is 16.9. The van der Waals surface area contributed by atoms with E-state index in [4.69, 9.17) is 9.72 Å². The minimum absolute atomic E-state index is 0.0514. The molecule has 5 rings (SSSR count). The first kappa shape index (κ1) is 25.5. The summed E-state index contributed by atoms with van der Waals surface area (Å²) in [7, 11) is 3.89. The Labute approximate surface area is 225 Å². The minimum Gasteiger partial charge on any atom is -0.507 e. The monoisotopic (exact) mass is 527 g/mol. The number of thiazole rings is 1. The number of ketones is 1. The topological polar surface area (TPSA) is 83.0 Å². The highest BCUT2D eigenvalue weighted by molar-refractivity contribution is 7.22. The molecule has 38 heavy (non-hydrogen) atoms. The lowest BCUT2D eigenvalue weighted by Gasteiger charge is -2.24. The maximum atomic E-state index is 13.6. The van der Waals surface area contributed by atoms with Crippen molar-refractivity contribution in [2.45, 2.75) is 26.8 Å². The molecule has 194 valence electrons. The molecule has 0 aliphatic carbocycles. The first-order chi connectivity index (χ1) is 18.2. The molecule has 4 aromatic rings. The summed E-state index contributed by atoms with van der Waals surface area (Å²) >= 11 is 1.31. The second-order valence-electron chi connectivity index (χ2n) is 9.53. The fraction of sp³-hybridized carbons (Fsp3) is 0.233. The smallest absolute Gasteiger partial charge is 0.301 e. The van der Waals surface area contributed by atoms with Gasteiger partial charge in [-0.1, -0.05) is 41.2 Å². The van der Waals surface area contributed by atoms with Gasteiger partial charge in [0.05, 0.1) is 28.4 Å². The number of fused-ring (bicyclic) bond motifs is 1. The highest BCUT2D eigenvalue weighted by atomic mass is 32.1. The SMILES string of the molecule is CCOc1ccc2nc(N3C(=O)C(=O)C(=C(O)c4cc(C)ccc4C)C3c3ccc(N(C)C)cc3)sc2c1. The number of hydrogen-bond acceptors (Lipinski definition) is 7. The molecule has 2 heterocycles. The Kier molecular flexibility index (Phi) is 6.67. The van der Waals surface area contributed by atoms with Crippen LogP contribution in [0.1, 0.15) is 35.2 Å². The number of anilines is 2. The Morgan fingerprint density at radius 2 is 1.79 bits per heavy atom. The van der Waals surface area contributed by atoms with Crippen LogP contribution in [-0.2, 0) is 9.59 Å². The van der Waals surface area contributed by atoms with Crippen LogP contribution in [0.5, 0.6) is 5.75 Å². The van der Waals surface area contributed by atoms with Crippen LogP contribution in [0.3, 0.4) is 0 Å². The fourth-order valence-electron chi connectivity index (χ4n) is 4.69. The van der Waals surface area contributed by atoms with Crippen molar-refractivity contribution in [3.05, 3.63) is 88.5 Å². The molecule has 0 bridgehead atoms. The number of rotatable bonds is 6. The van der Waals surface area contributed by atoms with Gasteiger partial charge >= 0.3 is 5.91 Å². The molecule has 0 saturated carbocycles. The Hall–Kier alpha value is -4.17. The number of carbonyl (C=O) groups excluding carboxylic acids is 2. The zero-order chi connectivity index (χ0) is 27.1. The van der Waals surface area contributed by atoms with Crippen LogP contribution in [0, 0.1) is 13.8 Å². The van der Waals surface area contributed by atoms with Crippen LogP contribution >= 0.6 is 11.3 Å². The lowest BCUT2D eigenvalue weighted by atomic mass is 9.93. The van der Waals surface area contributed by atoms with Gasteiger partial charge in [-0.3, -0.25) is 14.5 Å². The summed E-state index contributed by atoms with van der Waals surface area (Å²) in [5.41, 5.74) is 4.71. The third-order valence-electron chi connectivity index (χ3n) is 6.68. The van der Waals surface area contributed by atoms with E-state index in [1.807, 2.05) is 100 Å². The lowest BCUT2D eigenvalue weighted by Crippen LogP contribution is -2.29. The molecular formula is C30H29N3O4S. The minimum atomic E-state index is -0.835. The standard InChI is InChI=1S/C30H29N3O4S/c1-6-37-21-13-14-23-24(16-21)38-30(31-23)33-26(19-9-11-20(12-10-19)32(4)5)25(28(35)29(33)36)27(34)22-15-17(2)7-8-18(22)3/h7-16,26,34H,6H2,1-5H3. The molecule has 1 aliphatic rings. The van der Waals surface area contributed by atoms with E-state index in [0.29, 0.717) is 34.1 Å². The molecule has 0 spiro atoms. The summed E-state index contributed by atoms with van der Waals surface area (Å²) in [6, 6.07) is 18.0. The van der Waals surface area contributed by atoms with Gasteiger partial charge in [-0.2, -0.15) is 0 Å². The Balaban J connectivity index is 1.71. The summed E-state index contributed by atoms with van der Waals surface area (Å²) in [6.07, 6.45) is 0. The van der Waals surface area contributed by atoms with Crippen LogP contribution < -0.4 is 14.5 Å². The summed E-state index contributed by atoms with van der Waals surface area (Å²) < 4.78 is 6.46. The van der Waals surface area contributed by atoms with Crippen LogP contribution in [0.15, 0.2) is 66.2 Å². The molecule has 1 N–H and O–H groups in total. The second-order valence-corrected chi connectivity index (χ2v) is 10.5. The molecular weight excluding hydrogens is 498 g/mol. The molecule has 1 amide bonds. The average Bonchev–Trinajstić information content (AvgIpc) is 3.43. The van der Waals surface area contributed by atoms with Crippen molar-refractivity contribution in [1.29, 1.82) is 0 Å². The van der Waals surface area contributed by atoms with E-state index in [0.717, 1.165) is 21.5 Å². The zero-order valence-corrected chi connectivity index (χ0v) is 22.8. The largest absolute Gasteiger partial charge is 0.507 e. The fourth-order valence-corrected chi connectivity index (χ4v) is 5.71. The van der Waals surface area contributed by atoms with E-state index >= 15 is 0 Å². The number of aromatic nitrogens is 1. The highest BCUT2D eigenvalue weighted by Gasteiger charge is 2.48. The van der Waals surface area contributed by atoms with Crippen molar-refractivity contribution in [3.63, 3.8) is 0 Å². The van der Waals surface area contributed by atoms with Crippen LogP contribution in [0.25, 0.3) is 16.0 Å². The quantitative estimate of drug-likeness (QED) is 0.188. The number of hydrogen-bond donors (Lipinski definition) is 1. The number of Topliss-reactive ketones (excluding diaryl/α,β-unsaturated/α-hetero) is 1. The molecule has 1 aromatic heterocycles. The van der Waals surface area contributed by atoms with E-state index < -0.39 is 17.7 Å². The first-order valence-electron chi connectivity index (χ1n) is 12.4. The van der Waals surface area contributed by atoms with Gasteiger partial charge in [-0.25, -0.2) is 4.98 Å². The van der Waals surface area contributed by atoms with Gasteiger partial charge in [0.2, 0.25) is 0 Å². The molecule has 1 aliphatic heterocycles. The van der Waals surface area contributed by atoms with Crippen LogP contribution in [0.4, 0.5) is 10.8 Å². The third-order valence-corrected chi connectivity index (χ3v) is 7.70. The summed E-state index contributed by atoms with van der Waals surface area (Å²) in [4.78, 5) is 35.2. The molecule has 0 radical (unpaired) electrons. The number of aryl methyl sites for hydroxylation is 2. The Bertz CT molecular complexity index is 1590. The van der Waals surface area contributed by atoms with Crippen LogP contribution in [0.2, 0.25) is 0 Å². The van der Waals surface area contributed by atoms with Gasteiger partial charge in [-0.15, -0.1) is 0 Å². The van der Waals surface area contributed by atoms with Crippen molar-refractivity contribution in [2.24, 2.45) is 0 Å².